The highest BCUT2D eigenvalue weighted by Gasteiger charge is 2.36. The van der Waals surface area contributed by atoms with E-state index >= 15 is 0 Å². The van der Waals surface area contributed by atoms with Crippen LogP contribution in [0.1, 0.15) is 37.0 Å². The van der Waals surface area contributed by atoms with Gasteiger partial charge in [0.25, 0.3) is 0 Å². The average molecular weight is 293 g/mol. The molecule has 0 spiro atoms. The number of rotatable bonds is 6. The van der Waals surface area contributed by atoms with E-state index in [1.165, 1.54) is 0 Å². The number of ether oxygens (including phenoxy) is 3. The second-order valence-corrected chi connectivity index (χ2v) is 5.13. The summed E-state index contributed by atoms with van der Waals surface area (Å²) < 4.78 is 16.4. The number of Topliss-reactive ketones (excluding diaryl/α,β-unsaturated/α-hetero) is 1. The van der Waals surface area contributed by atoms with Gasteiger partial charge in [0.2, 0.25) is 0 Å². The number of hydrogen-bond acceptors (Lipinski definition) is 5. The molecule has 21 heavy (non-hydrogen) atoms. The molecule has 0 saturated carbocycles. The van der Waals surface area contributed by atoms with Crippen molar-refractivity contribution in [3.8, 4) is 11.5 Å². The zero-order valence-corrected chi connectivity index (χ0v) is 12.7. The third-order valence-corrected chi connectivity index (χ3v) is 3.64. The lowest BCUT2D eigenvalue weighted by molar-refractivity contribution is 0.0447. The van der Waals surface area contributed by atoms with Crippen LogP contribution >= 0.6 is 0 Å². The summed E-state index contributed by atoms with van der Waals surface area (Å²) in [4.78, 5) is 12.7. The first kappa shape index (κ1) is 15.8. The summed E-state index contributed by atoms with van der Waals surface area (Å²) in [5.41, 5.74) is 5.98. The summed E-state index contributed by atoms with van der Waals surface area (Å²) >= 11 is 0. The van der Waals surface area contributed by atoms with Crippen LogP contribution in [0.5, 0.6) is 11.5 Å². The maximum Gasteiger partial charge on any atom is 0.182 e. The average Bonchev–Trinajstić information content (AvgIpc) is 2.49. The first-order chi connectivity index (χ1) is 10.1. The maximum atomic E-state index is 12.7. The molecule has 1 aromatic carbocycles. The number of nitrogens with two attached hydrogens (primary N) is 1. The van der Waals surface area contributed by atoms with Crippen LogP contribution in [0.15, 0.2) is 18.2 Å². The van der Waals surface area contributed by atoms with E-state index in [4.69, 9.17) is 19.9 Å². The quantitative estimate of drug-likeness (QED) is 0.814. The van der Waals surface area contributed by atoms with E-state index in [0.29, 0.717) is 56.3 Å². The van der Waals surface area contributed by atoms with Crippen molar-refractivity contribution in [1.82, 2.24) is 0 Å². The van der Waals surface area contributed by atoms with Gasteiger partial charge < -0.3 is 19.9 Å². The molecule has 0 amide bonds. The molecular weight excluding hydrogens is 270 g/mol. The van der Waals surface area contributed by atoms with Crippen LogP contribution in [-0.2, 0) is 4.74 Å². The van der Waals surface area contributed by atoms with Crippen molar-refractivity contribution in [3.63, 3.8) is 0 Å². The van der Waals surface area contributed by atoms with E-state index in [0.717, 1.165) is 0 Å². The van der Waals surface area contributed by atoms with Gasteiger partial charge in [0.1, 0.15) is 0 Å². The van der Waals surface area contributed by atoms with Crippen molar-refractivity contribution in [2.75, 3.05) is 26.4 Å². The van der Waals surface area contributed by atoms with E-state index < -0.39 is 5.54 Å². The summed E-state index contributed by atoms with van der Waals surface area (Å²) in [7, 11) is 0. The molecule has 5 heteroatoms. The molecule has 1 aromatic rings. The van der Waals surface area contributed by atoms with Crippen molar-refractivity contribution >= 4 is 5.78 Å². The molecule has 0 bridgehead atoms. The van der Waals surface area contributed by atoms with E-state index in [9.17, 15) is 4.79 Å². The standard InChI is InChI=1S/C16H23NO4/c1-3-20-13-6-5-12(11-14(13)21-4-2)15(18)16(17)7-9-19-10-8-16/h5-6,11H,3-4,7-10,17H2,1-2H3. The maximum absolute atomic E-state index is 12.7. The Balaban J connectivity index is 2.26. The summed E-state index contributed by atoms with van der Waals surface area (Å²) in [6.07, 6.45) is 1.09. The Morgan fingerprint density at radius 3 is 2.43 bits per heavy atom. The smallest absolute Gasteiger partial charge is 0.182 e. The minimum Gasteiger partial charge on any atom is -0.490 e. The largest absolute Gasteiger partial charge is 0.490 e. The molecule has 5 nitrogen and oxygen atoms in total. The molecule has 1 aliphatic rings. The van der Waals surface area contributed by atoms with Crippen LogP contribution in [0, 0.1) is 0 Å². The minimum atomic E-state index is -0.838. The molecule has 0 radical (unpaired) electrons. The summed E-state index contributed by atoms with van der Waals surface area (Å²) in [5, 5.41) is 0. The van der Waals surface area contributed by atoms with Crippen molar-refractivity contribution in [3.05, 3.63) is 23.8 Å². The van der Waals surface area contributed by atoms with Crippen LogP contribution in [0.25, 0.3) is 0 Å². The van der Waals surface area contributed by atoms with Crippen LogP contribution < -0.4 is 15.2 Å². The molecule has 0 unspecified atom stereocenters. The Labute approximate surface area is 125 Å². The Bertz CT molecular complexity index is 495. The van der Waals surface area contributed by atoms with E-state index in [1.807, 2.05) is 13.8 Å². The predicted octanol–water partition coefficient (Wildman–Crippen LogP) is 2.17. The van der Waals surface area contributed by atoms with Gasteiger partial charge >= 0.3 is 0 Å². The Morgan fingerprint density at radius 1 is 1.19 bits per heavy atom. The van der Waals surface area contributed by atoms with Crippen molar-refractivity contribution < 1.29 is 19.0 Å². The highest BCUT2D eigenvalue weighted by molar-refractivity contribution is 6.03. The van der Waals surface area contributed by atoms with Crippen LogP contribution in [0.4, 0.5) is 0 Å². The first-order valence-electron chi connectivity index (χ1n) is 7.42. The summed E-state index contributed by atoms with van der Waals surface area (Å²) in [5.74, 6) is 1.17. The van der Waals surface area contributed by atoms with E-state index in [-0.39, 0.29) is 5.78 Å². The summed E-state index contributed by atoms with van der Waals surface area (Å²) in [6.45, 7) is 5.92. The highest BCUT2D eigenvalue weighted by atomic mass is 16.5. The van der Waals surface area contributed by atoms with Crippen molar-refractivity contribution in [2.24, 2.45) is 5.73 Å². The number of carbonyl (C=O) groups excluding carboxylic acids is 1. The third kappa shape index (κ3) is 3.54. The molecule has 2 rings (SSSR count). The molecule has 1 heterocycles. The van der Waals surface area contributed by atoms with Crippen LogP contribution in [-0.4, -0.2) is 37.7 Å². The third-order valence-electron chi connectivity index (χ3n) is 3.64. The normalized spacial score (nSPS) is 17.3. The Kier molecular flexibility index (Phi) is 5.20. The van der Waals surface area contributed by atoms with E-state index in [1.54, 1.807) is 18.2 Å². The molecule has 0 aliphatic carbocycles. The van der Waals surface area contributed by atoms with Gasteiger partial charge in [-0.15, -0.1) is 0 Å². The fraction of sp³-hybridized carbons (Fsp3) is 0.562. The van der Waals surface area contributed by atoms with Crippen molar-refractivity contribution in [1.29, 1.82) is 0 Å². The van der Waals surface area contributed by atoms with Gasteiger partial charge in [-0.3, -0.25) is 4.79 Å². The lowest BCUT2D eigenvalue weighted by Gasteiger charge is -2.32. The zero-order valence-electron chi connectivity index (χ0n) is 12.7. The minimum absolute atomic E-state index is 0.0604. The molecule has 0 aromatic heterocycles. The number of ketones is 1. The van der Waals surface area contributed by atoms with Gasteiger partial charge in [-0.2, -0.15) is 0 Å². The van der Waals surface area contributed by atoms with Gasteiger partial charge in [-0.25, -0.2) is 0 Å². The van der Waals surface area contributed by atoms with Gasteiger partial charge in [-0.05, 0) is 44.9 Å². The molecule has 1 saturated heterocycles. The topological polar surface area (TPSA) is 70.8 Å². The van der Waals surface area contributed by atoms with Gasteiger partial charge in [0, 0.05) is 18.8 Å². The number of carbonyl (C=O) groups is 1. The fourth-order valence-corrected chi connectivity index (χ4v) is 2.44. The van der Waals surface area contributed by atoms with Crippen LogP contribution in [0.3, 0.4) is 0 Å². The SMILES string of the molecule is CCOc1ccc(C(=O)C2(N)CCOCC2)cc1OCC. The molecular formula is C16H23NO4. The second-order valence-electron chi connectivity index (χ2n) is 5.13. The van der Waals surface area contributed by atoms with Crippen molar-refractivity contribution in [2.45, 2.75) is 32.2 Å². The summed E-state index contributed by atoms with van der Waals surface area (Å²) in [6, 6.07) is 5.24. The monoisotopic (exact) mass is 293 g/mol. The first-order valence-corrected chi connectivity index (χ1v) is 7.42. The molecule has 2 N–H and O–H groups in total. The molecule has 1 aliphatic heterocycles. The molecule has 116 valence electrons. The second kappa shape index (κ2) is 6.91. The van der Waals surface area contributed by atoms with Gasteiger partial charge in [0.15, 0.2) is 17.3 Å². The lowest BCUT2D eigenvalue weighted by Crippen LogP contribution is -2.51. The Hall–Kier alpha value is -1.59. The number of hydrogen-bond donors (Lipinski definition) is 1. The van der Waals surface area contributed by atoms with E-state index in [2.05, 4.69) is 0 Å². The van der Waals surface area contributed by atoms with Gasteiger partial charge in [0.05, 0.1) is 18.8 Å². The molecule has 0 atom stereocenters. The van der Waals surface area contributed by atoms with Gasteiger partial charge in [-0.1, -0.05) is 0 Å². The number of benzene rings is 1. The predicted molar refractivity (Wildman–Crippen MR) is 80.1 cm³/mol. The fourth-order valence-electron chi connectivity index (χ4n) is 2.44. The Morgan fingerprint density at radius 2 is 1.81 bits per heavy atom. The highest BCUT2D eigenvalue weighted by Crippen LogP contribution is 2.31. The molecule has 1 fully saturated rings. The van der Waals surface area contributed by atoms with Crippen LogP contribution in [0.2, 0.25) is 0 Å². The zero-order chi connectivity index (χ0) is 15.3. The lowest BCUT2D eigenvalue weighted by atomic mass is 9.83.